The molecule has 0 spiro atoms. The number of benzene rings is 2. The second-order valence-corrected chi connectivity index (χ2v) is 10.6. The largest absolute Gasteiger partial charge is 0.369 e. The van der Waals surface area contributed by atoms with E-state index in [4.69, 9.17) is 0 Å². The third-order valence-electron chi connectivity index (χ3n) is 7.49. The summed E-state index contributed by atoms with van der Waals surface area (Å²) < 4.78 is 17.2. The number of hydrogen-bond acceptors (Lipinski definition) is 7. The van der Waals surface area contributed by atoms with Gasteiger partial charge in [-0.2, -0.15) is 0 Å². The Morgan fingerprint density at radius 2 is 1.76 bits per heavy atom. The van der Waals surface area contributed by atoms with Crippen LogP contribution in [0, 0.1) is 5.82 Å². The minimum atomic E-state index is -0.640. The van der Waals surface area contributed by atoms with Gasteiger partial charge in [0.15, 0.2) is 11.6 Å². The summed E-state index contributed by atoms with van der Waals surface area (Å²) in [7, 11) is 3.72. The van der Waals surface area contributed by atoms with Crippen molar-refractivity contribution in [1.29, 1.82) is 0 Å². The molecular weight excluding hydrogens is 533 g/mol. The summed E-state index contributed by atoms with van der Waals surface area (Å²) in [5, 5.41) is 5.80. The number of anilines is 4. The molecule has 4 aromatic rings. The van der Waals surface area contributed by atoms with Gasteiger partial charge in [-0.3, -0.25) is 14.6 Å². The molecule has 1 fully saturated rings. The molecule has 1 saturated heterocycles. The second-order valence-electron chi connectivity index (χ2n) is 10.6. The molecule has 2 N–H and O–H groups in total. The summed E-state index contributed by atoms with van der Waals surface area (Å²) >= 11 is 0. The number of unbranched alkanes of at least 4 members (excludes halogenated alkanes) is 1. The molecule has 3 heterocycles. The van der Waals surface area contributed by atoms with E-state index >= 15 is 4.39 Å². The highest BCUT2D eigenvalue weighted by Gasteiger charge is 2.19. The summed E-state index contributed by atoms with van der Waals surface area (Å²) in [6, 6.07) is 16.0. The molecule has 2 aromatic heterocycles. The van der Waals surface area contributed by atoms with E-state index in [2.05, 4.69) is 44.4 Å². The van der Waals surface area contributed by atoms with E-state index in [9.17, 15) is 9.59 Å². The summed E-state index contributed by atoms with van der Waals surface area (Å²) in [6.07, 6.45) is 5.68. The van der Waals surface area contributed by atoms with Gasteiger partial charge >= 0.3 is 0 Å². The molecular formula is C32H36FN7O2. The van der Waals surface area contributed by atoms with Gasteiger partial charge in [-0.15, -0.1) is 0 Å². The maximum absolute atomic E-state index is 15.8. The molecule has 5 rings (SSSR count). The number of aryl methyl sites for hydroxylation is 2. The number of hydrogen-bond donors (Lipinski definition) is 2. The average Bonchev–Trinajstić information content (AvgIpc) is 3.00. The van der Waals surface area contributed by atoms with Crippen LogP contribution in [-0.4, -0.2) is 58.6 Å². The lowest BCUT2D eigenvalue weighted by atomic mass is 10.1. The predicted molar refractivity (Wildman–Crippen MR) is 165 cm³/mol. The molecule has 2 aromatic carbocycles. The molecule has 0 bridgehead atoms. The number of rotatable bonds is 9. The number of nitrogens with one attached hydrogen (secondary N) is 2. The fourth-order valence-electron chi connectivity index (χ4n) is 4.98. The lowest BCUT2D eigenvalue weighted by molar-refractivity contribution is 0.102. The lowest BCUT2D eigenvalue weighted by Gasteiger charge is -2.34. The maximum Gasteiger partial charge on any atom is 0.293 e. The Morgan fingerprint density at radius 1 is 1.00 bits per heavy atom. The minimum absolute atomic E-state index is 0.0208. The smallest absolute Gasteiger partial charge is 0.293 e. The van der Waals surface area contributed by atoms with Crippen molar-refractivity contribution in [3.8, 4) is 11.3 Å². The molecule has 0 aliphatic carbocycles. The van der Waals surface area contributed by atoms with Crippen molar-refractivity contribution in [1.82, 2.24) is 19.4 Å². The standard InChI is InChI=1S/C32H36FN7O2/c1-4-5-10-26-25(9-7-16-34-26)31(41)37-27-11-6-8-24(29(27)33)28-21-39(3)32(42)30(36-28)35-22-12-14-23(15-13-22)40-19-17-38(2)18-20-40/h6-9,11-16,21H,4-5,10,17-20H2,1-3H3,(H,35,36)(H,37,41). The first-order valence-corrected chi connectivity index (χ1v) is 14.3. The fourth-order valence-corrected chi connectivity index (χ4v) is 4.98. The normalized spacial score (nSPS) is 13.7. The third kappa shape index (κ3) is 6.49. The van der Waals surface area contributed by atoms with Crippen molar-refractivity contribution in [3.63, 3.8) is 0 Å². The number of carbonyl (C=O) groups is 1. The van der Waals surface area contributed by atoms with Gasteiger partial charge in [0, 0.05) is 62.6 Å². The first kappa shape index (κ1) is 28.9. The van der Waals surface area contributed by atoms with Gasteiger partial charge in [0.05, 0.1) is 22.6 Å². The van der Waals surface area contributed by atoms with Crippen molar-refractivity contribution >= 4 is 28.8 Å². The monoisotopic (exact) mass is 569 g/mol. The van der Waals surface area contributed by atoms with Crippen molar-refractivity contribution in [2.24, 2.45) is 7.05 Å². The first-order valence-electron chi connectivity index (χ1n) is 14.3. The van der Waals surface area contributed by atoms with Crippen LogP contribution in [0.25, 0.3) is 11.3 Å². The zero-order valence-electron chi connectivity index (χ0n) is 24.2. The molecule has 218 valence electrons. The van der Waals surface area contributed by atoms with E-state index in [0.29, 0.717) is 23.4 Å². The summed E-state index contributed by atoms with van der Waals surface area (Å²) in [5.41, 5.74) is 3.01. The lowest BCUT2D eigenvalue weighted by Crippen LogP contribution is -2.44. The van der Waals surface area contributed by atoms with Gasteiger partial charge in [-0.25, -0.2) is 9.37 Å². The van der Waals surface area contributed by atoms with Crippen LogP contribution >= 0.6 is 0 Å². The SMILES string of the molecule is CCCCc1ncccc1C(=O)Nc1cccc(-c2cn(C)c(=O)c(Nc3ccc(N4CCN(C)CC4)cc3)n2)c1F. The Balaban J connectivity index is 1.37. The zero-order chi connectivity index (χ0) is 29.6. The van der Waals surface area contributed by atoms with Crippen molar-refractivity contribution in [3.05, 3.63) is 94.4 Å². The van der Waals surface area contributed by atoms with Gasteiger partial charge in [0.1, 0.15) is 0 Å². The Morgan fingerprint density at radius 3 is 2.50 bits per heavy atom. The Labute approximate surface area is 245 Å². The summed E-state index contributed by atoms with van der Waals surface area (Å²) in [5.74, 6) is -0.994. The molecule has 1 aliphatic rings. The Kier molecular flexibility index (Phi) is 8.92. The minimum Gasteiger partial charge on any atom is -0.369 e. The second kappa shape index (κ2) is 12.9. The Bertz CT molecular complexity index is 1610. The molecule has 42 heavy (non-hydrogen) atoms. The highest BCUT2D eigenvalue weighted by atomic mass is 19.1. The number of piperazine rings is 1. The quantitative estimate of drug-likeness (QED) is 0.291. The highest BCUT2D eigenvalue weighted by Crippen LogP contribution is 2.28. The van der Waals surface area contributed by atoms with E-state index in [1.807, 2.05) is 24.3 Å². The van der Waals surface area contributed by atoms with E-state index in [1.165, 1.54) is 16.8 Å². The van der Waals surface area contributed by atoms with Crippen LogP contribution in [0.1, 0.15) is 35.8 Å². The van der Waals surface area contributed by atoms with E-state index in [1.54, 1.807) is 37.5 Å². The third-order valence-corrected chi connectivity index (χ3v) is 7.49. The number of aromatic nitrogens is 3. The predicted octanol–water partition coefficient (Wildman–Crippen LogP) is 5.07. The molecule has 0 saturated carbocycles. The molecule has 0 atom stereocenters. The molecule has 0 radical (unpaired) electrons. The van der Waals surface area contributed by atoms with E-state index in [0.717, 1.165) is 44.7 Å². The number of halogens is 1. The average molecular weight is 570 g/mol. The Hall–Kier alpha value is -4.57. The van der Waals surface area contributed by atoms with Gasteiger partial charge in [0.2, 0.25) is 0 Å². The van der Waals surface area contributed by atoms with Crippen LogP contribution < -0.4 is 21.1 Å². The highest BCUT2D eigenvalue weighted by molar-refractivity contribution is 6.05. The van der Waals surface area contributed by atoms with Crippen LogP contribution in [0.3, 0.4) is 0 Å². The topological polar surface area (TPSA) is 95.4 Å². The van der Waals surface area contributed by atoms with Crippen LogP contribution in [-0.2, 0) is 13.5 Å². The number of carbonyl (C=O) groups excluding carboxylic acids is 1. The van der Waals surface area contributed by atoms with Crippen LogP contribution in [0.2, 0.25) is 0 Å². The molecule has 10 heteroatoms. The first-order chi connectivity index (χ1) is 20.3. The molecule has 9 nitrogen and oxygen atoms in total. The van der Waals surface area contributed by atoms with E-state index < -0.39 is 11.7 Å². The van der Waals surface area contributed by atoms with Crippen molar-refractivity contribution in [2.75, 3.05) is 48.8 Å². The van der Waals surface area contributed by atoms with Gasteiger partial charge in [-0.1, -0.05) is 19.4 Å². The van der Waals surface area contributed by atoms with Crippen LogP contribution in [0.5, 0.6) is 0 Å². The van der Waals surface area contributed by atoms with Crippen molar-refractivity contribution < 1.29 is 9.18 Å². The van der Waals surface area contributed by atoms with E-state index in [-0.39, 0.29) is 28.3 Å². The maximum atomic E-state index is 15.8. The number of amides is 1. The van der Waals surface area contributed by atoms with Crippen molar-refractivity contribution in [2.45, 2.75) is 26.2 Å². The summed E-state index contributed by atoms with van der Waals surface area (Å²) in [4.78, 5) is 39.5. The molecule has 1 amide bonds. The van der Waals surface area contributed by atoms with Gasteiger partial charge in [0.25, 0.3) is 11.5 Å². The molecule has 1 aliphatic heterocycles. The zero-order valence-corrected chi connectivity index (χ0v) is 24.2. The number of pyridine rings is 1. The number of nitrogens with zero attached hydrogens (tertiary/aromatic N) is 5. The fraction of sp³-hybridized carbons (Fsp3) is 0.312. The number of likely N-dealkylation sites (N-methyl/N-ethyl adjacent to an activating group) is 1. The molecule has 0 unspecified atom stereocenters. The van der Waals surface area contributed by atoms with Gasteiger partial charge in [-0.05, 0) is 68.4 Å². The van der Waals surface area contributed by atoms with Gasteiger partial charge < -0.3 is 25.0 Å². The van der Waals surface area contributed by atoms with Crippen LogP contribution in [0.4, 0.5) is 27.3 Å². The summed E-state index contributed by atoms with van der Waals surface area (Å²) in [6.45, 7) is 6.01. The van der Waals surface area contributed by atoms with Crippen LogP contribution in [0.15, 0.2) is 71.8 Å².